The standard InChI is InChI=1S/C32H38N2O8/c1-20(40-21(2)36)31(39)33-26-13-11-24(12-14-26)32-41-28(16-30(42-32)23-9-7-22(19-35)8-10-23)17-34(3)18-29(38)25-5-4-6-27(37)15-25/h4-15,20,28-30,32,35,37-38H,16-19H2,1-3H3,(H,33,39). The highest BCUT2D eigenvalue weighted by molar-refractivity contribution is 5.94. The van der Waals surface area contributed by atoms with Gasteiger partial charge in [0.1, 0.15) is 5.75 Å². The molecule has 0 saturated carbocycles. The Morgan fingerprint density at radius 1 is 1.05 bits per heavy atom. The molecule has 1 aliphatic heterocycles. The third kappa shape index (κ3) is 8.60. The van der Waals surface area contributed by atoms with Gasteiger partial charge in [-0.3, -0.25) is 9.59 Å². The Labute approximate surface area is 245 Å². The Kier molecular flexibility index (Phi) is 10.7. The van der Waals surface area contributed by atoms with Crippen LogP contribution in [0.4, 0.5) is 5.69 Å². The summed E-state index contributed by atoms with van der Waals surface area (Å²) < 4.78 is 17.7. The maximum atomic E-state index is 12.3. The van der Waals surface area contributed by atoms with Crippen molar-refractivity contribution in [3.8, 4) is 5.75 Å². The number of anilines is 1. The number of nitrogens with one attached hydrogen (secondary N) is 1. The molecule has 5 unspecified atom stereocenters. The van der Waals surface area contributed by atoms with Crippen LogP contribution in [-0.2, 0) is 30.4 Å². The maximum absolute atomic E-state index is 12.3. The quantitative estimate of drug-likeness (QED) is 0.249. The minimum Gasteiger partial charge on any atom is -0.508 e. The van der Waals surface area contributed by atoms with Gasteiger partial charge in [-0.2, -0.15) is 0 Å². The van der Waals surface area contributed by atoms with E-state index >= 15 is 0 Å². The van der Waals surface area contributed by atoms with Crippen LogP contribution in [0.3, 0.4) is 0 Å². The molecular weight excluding hydrogens is 540 g/mol. The second-order valence-electron chi connectivity index (χ2n) is 10.5. The van der Waals surface area contributed by atoms with Gasteiger partial charge in [0.25, 0.3) is 5.91 Å². The van der Waals surface area contributed by atoms with Crippen molar-refractivity contribution in [1.82, 2.24) is 4.90 Å². The van der Waals surface area contributed by atoms with E-state index in [4.69, 9.17) is 14.2 Å². The molecule has 1 heterocycles. The number of phenolic OH excluding ortho intramolecular Hbond substituents is 1. The van der Waals surface area contributed by atoms with Crippen molar-refractivity contribution in [2.75, 3.05) is 25.5 Å². The molecule has 3 aromatic carbocycles. The predicted octanol–water partition coefficient (Wildman–Crippen LogP) is 3.99. The van der Waals surface area contributed by atoms with Crippen LogP contribution in [0.5, 0.6) is 5.75 Å². The van der Waals surface area contributed by atoms with Crippen LogP contribution in [0.25, 0.3) is 0 Å². The summed E-state index contributed by atoms with van der Waals surface area (Å²) in [5.41, 5.74) is 3.68. The Balaban J connectivity index is 1.47. The minimum atomic E-state index is -0.922. The Morgan fingerprint density at radius 3 is 2.38 bits per heavy atom. The van der Waals surface area contributed by atoms with Crippen LogP contribution >= 0.6 is 0 Å². The van der Waals surface area contributed by atoms with Crippen molar-refractivity contribution in [3.05, 3.63) is 95.1 Å². The maximum Gasteiger partial charge on any atom is 0.303 e. The molecule has 224 valence electrons. The highest BCUT2D eigenvalue weighted by atomic mass is 16.7. The van der Waals surface area contributed by atoms with Gasteiger partial charge >= 0.3 is 5.97 Å². The van der Waals surface area contributed by atoms with E-state index in [1.54, 1.807) is 48.5 Å². The second-order valence-corrected chi connectivity index (χ2v) is 10.5. The summed E-state index contributed by atoms with van der Waals surface area (Å²) in [6.45, 7) is 3.56. The molecule has 4 rings (SSSR count). The van der Waals surface area contributed by atoms with E-state index in [0.29, 0.717) is 30.8 Å². The molecule has 42 heavy (non-hydrogen) atoms. The molecular formula is C32H38N2O8. The Hall–Kier alpha value is -3.80. The molecule has 0 spiro atoms. The number of carbonyl (C=O) groups is 2. The van der Waals surface area contributed by atoms with Gasteiger partial charge in [0.2, 0.25) is 0 Å². The summed E-state index contributed by atoms with van der Waals surface area (Å²) in [5.74, 6) is -0.871. The molecule has 4 N–H and O–H groups in total. The molecule has 1 aliphatic rings. The van der Waals surface area contributed by atoms with Crippen LogP contribution in [-0.4, -0.2) is 64.4 Å². The summed E-state index contributed by atoms with van der Waals surface area (Å²) in [5, 5.41) is 32.7. The van der Waals surface area contributed by atoms with Gasteiger partial charge in [0.05, 0.1) is 24.9 Å². The minimum absolute atomic E-state index is 0.0466. The molecule has 0 bridgehead atoms. The van der Waals surface area contributed by atoms with E-state index in [9.17, 15) is 24.9 Å². The van der Waals surface area contributed by atoms with Gasteiger partial charge in [-0.15, -0.1) is 0 Å². The fraction of sp³-hybridized carbons (Fsp3) is 0.375. The van der Waals surface area contributed by atoms with Crippen molar-refractivity contribution >= 4 is 17.6 Å². The zero-order valence-corrected chi connectivity index (χ0v) is 24.0. The molecule has 1 saturated heterocycles. The van der Waals surface area contributed by atoms with Gasteiger partial charge in [0.15, 0.2) is 12.4 Å². The lowest BCUT2D eigenvalue weighted by Gasteiger charge is -2.38. The van der Waals surface area contributed by atoms with Crippen LogP contribution in [0, 0.1) is 0 Å². The number of carbonyl (C=O) groups excluding carboxylic acids is 2. The number of aliphatic hydroxyl groups is 2. The van der Waals surface area contributed by atoms with Crippen LogP contribution in [0.2, 0.25) is 0 Å². The summed E-state index contributed by atoms with van der Waals surface area (Å²) in [4.78, 5) is 25.5. The molecule has 0 aliphatic carbocycles. The van der Waals surface area contributed by atoms with E-state index in [0.717, 1.165) is 16.7 Å². The van der Waals surface area contributed by atoms with Crippen molar-refractivity contribution in [3.63, 3.8) is 0 Å². The molecule has 3 aromatic rings. The van der Waals surface area contributed by atoms with E-state index in [-0.39, 0.29) is 24.6 Å². The number of phenols is 1. The highest BCUT2D eigenvalue weighted by Crippen LogP contribution is 2.38. The first-order valence-corrected chi connectivity index (χ1v) is 13.9. The van der Waals surface area contributed by atoms with Crippen LogP contribution in [0.1, 0.15) is 61.0 Å². The molecule has 1 fully saturated rings. The zero-order valence-electron chi connectivity index (χ0n) is 24.0. The second kappa shape index (κ2) is 14.4. The first-order valence-electron chi connectivity index (χ1n) is 13.9. The van der Waals surface area contributed by atoms with Gasteiger partial charge in [0, 0.05) is 37.7 Å². The highest BCUT2D eigenvalue weighted by Gasteiger charge is 2.33. The van der Waals surface area contributed by atoms with Crippen molar-refractivity contribution in [1.29, 1.82) is 0 Å². The van der Waals surface area contributed by atoms with E-state index in [2.05, 4.69) is 5.32 Å². The number of ether oxygens (including phenoxy) is 3. The first-order chi connectivity index (χ1) is 20.1. The molecule has 10 heteroatoms. The monoisotopic (exact) mass is 578 g/mol. The number of hydrogen-bond donors (Lipinski definition) is 4. The SMILES string of the molecule is CC(=O)OC(C)C(=O)Nc1ccc(C2OC(CN(C)CC(O)c3cccc(O)c3)CC(c3ccc(CO)cc3)O2)cc1. The van der Waals surface area contributed by atoms with Crippen LogP contribution in [0.15, 0.2) is 72.8 Å². The Bertz CT molecular complexity index is 1330. The first kappa shape index (κ1) is 31.1. The number of esters is 1. The number of likely N-dealkylation sites (N-methyl/N-ethyl adjacent to an activating group) is 1. The molecule has 5 atom stereocenters. The average Bonchev–Trinajstić information content (AvgIpc) is 2.97. The number of aromatic hydroxyl groups is 1. The van der Waals surface area contributed by atoms with Crippen molar-refractivity contribution in [2.24, 2.45) is 0 Å². The van der Waals surface area contributed by atoms with Gasteiger partial charge in [-0.25, -0.2) is 0 Å². The summed E-state index contributed by atoms with van der Waals surface area (Å²) >= 11 is 0. The summed E-state index contributed by atoms with van der Waals surface area (Å²) in [6, 6.07) is 21.3. The fourth-order valence-corrected chi connectivity index (χ4v) is 4.86. The third-order valence-electron chi connectivity index (χ3n) is 7.03. The lowest BCUT2D eigenvalue weighted by molar-refractivity contribution is -0.252. The molecule has 10 nitrogen and oxygen atoms in total. The molecule has 1 amide bonds. The van der Waals surface area contributed by atoms with E-state index < -0.39 is 30.4 Å². The van der Waals surface area contributed by atoms with Gasteiger partial charge in [-0.05, 0) is 54.9 Å². The average molecular weight is 579 g/mol. The lowest BCUT2D eigenvalue weighted by atomic mass is 9.99. The Morgan fingerprint density at radius 2 is 1.74 bits per heavy atom. The fourth-order valence-electron chi connectivity index (χ4n) is 4.86. The third-order valence-corrected chi connectivity index (χ3v) is 7.03. The van der Waals surface area contributed by atoms with Gasteiger partial charge < -0.3 is 39.7 Å². The number of aliphatic hydroxyl groups excluding tert-OH is 2. The van der Waals surface area contributed by atoms with Crippen molar-refractivity contribution < 1.29 is 39.1 Å². The van der Waals surface area contributed by atoms with Crippen molar-refractivity contribution in [2.45, 2.75) is 57.6 Å². The predicted molar refractivity (Wildman–Crippen MR) is 155 cm³/mol. The number of nitrogens with zero attached hydrogens (tertiary/aromatic N) is 1. The summed E-state index contributed by atoms with van der Waals surface area (Å²) in [6.07, 6.45) is -2.35. The number of benzene rings is 3. The largest absolute Gasteiger partial charge is 0.508 e. The van der Waals surface area contributed by atoms with E-state index in [1.807, 2.05) is 36.2 Å². The molecule has 0 aromatic heterocycles. The summed E-state index contributed by atoms with van der Waals surface area (Å²) in [7, 11) is 1.90. The number of rotatable bonds is 11. The normalized spacial score (nSPS) is 20.1. The lowest BCUT2D eigenvalue weighted by Crippen LogP contribution is -2.39. The number of amides is 1. The number of hydrogen-bond acceptors (Lipinski definition) is 9. The smallest absolute Gasteiger partial charge is 0.303 e. The van der Waals surface area contributed by atoms with E-state index in [1.165, 1.54) is 13.8 Å². The zero-order chi connectivity index (χ0) is 30.2. The molecule has 0 radical (unpaired) electrons. The van der Waals surface area contributed by atoms with Crippen LogP contribution < -0.4 is 5.32 Å². The van der Waals surface area contributed by atoms with Gasteiger partial charge in [-0.1, -0.05) is 48.5 Å². The topological polar surface area (TPSA) is 138 Å².